The number of nitrogens with one attached hydrogen (secondary N) is 1. The molecule has 0 aliphatic rings. The number of hydrogen-bond acceptors (Lipinski definition) is 3. The predicted octanol–water partition coefficient (Wildman–Crippen LogP) is 4.44. The van der Waals surface area contributed by atoms with Gasteiger partial charge in [0, 0.05) is 29.6 Å². The van der Waals surface area contributed by atoms with Gasteiger partial charge in [0.2, 0.25) is 0 Å². The Morgan fingerprint density at radius 1 is 0.821 bits per heavy atom. The Kier molecular flexibility index (Phi) is 3.84. The number of rotatable bonds is 3. The van der Waals surface area contributed by atoms with Crippen molar-refractivity contribution in [1.82, 2.24) is 19.7 Å². The van der Waals surface area contributed by atoms with Crippen LogP contribution < -0.4 is 5.43 Å². The Hall–Kier alpha value is -3.99. The minimum atomic E-state index is -0.0753. The molecule has 1 N–H and O–H groups in total. The van der Waals surface area contributed by atoms with E-state index in [0.29, 0.717) is 22.4 Å². The van der Waals surface area contributed by atoms with E-state index in [0.717, 1.165) is 16.8 Å². The van der Waals surface area contributed by atoms with Crippen molar-refractivity contribution in [3.8, 4) is 28.2 Å². The highest BCUT2D eigenvalue weighted by atomic mass is 16.1. The topological polar surface area (TPSA) is 63.6 Å². The quantitative estimate of drug-likeness (QED) is 0.515. The molecule has 0 spiro atoms. The minimum absolute atomic E-state index is 0.0753. The van der Waals surface area contributed by atoms with Gasteiger partial charge >= 0.3 is 0 Å². The van der Waals surface area contributed by atoms with E-state index in [9.17, 15) is 4.79 Å². The third-order valence-electron chi connectivity index (χ3n) is 4.68. The van der Waals surface area contributed by atoms with Gasteiger partial charge in [-0.25, -0.2) is 4.68 Å². The van der Waals surface area contributed by atoms with Gasteiger partial charge in [0.25, 0.3) is 0 Å². The van der Waals surface area contributed by atoms with Crippen molar-refractivity contribution in [3.63, 3.8) is 0 Å². The summed E-state index contributed by atoms with van der Waals surface area (Å²) < 4.78 is 1.79. The van der Waals surface area contributed by atoms with Crippen molar-refractivity contribution in [2.24, 2.45) is 0 Å². The van der Waals surface area contributed by atoms with Gasteiger partial charge < -0.3 is 4.98 Å². The van der Waals surface area contributed by atoms with Crippen LogP contribution in [0.25, 0.3) is 39.2 Å². The first-order valence-corrected chi connectivity index (χ1v) is 8.98. The molecule has 5 rings (SSSR count). The molecule has 0 saturated heterocycles. The van der Waals surface area contributed by atoms with Gasteiger partial charge in [0.15, 0.2) is 5.43 Å². The number of benzene rings is 2. The van der Waals surface area contributed by atoms with Gasteiger partial charge in [-0.3, -0.25) is 9.78 Å². The van der Waals surface area contributed by atoms with Crippen LogP contribution in [-0.4, -0.2) is 19.7 Å². The van der Waals surface area contributed by atoms with Crippen molar-refractivity contribution in [3.05, 3.63) is 101 Å². The molecule has 3 aromatic heterocycles. The van der Waals surface area contributed by atoms with Gasteiger partial charge in [-0.2, -0.15) is 5.10 Å². The summed E-state index contributed by atoms with van der Waals surface area (Å²) in [5.74, 6) is 0. The summed E-state index contributed by atoms with van der Waals surface area (Å²) in [4.78, 5) is 20.7. The molecule has 0 aliphatic heterocycles. The highest BCUT2D eigenvalue weighted by Gasteiger charge is 2.18. The highest BCUT2D eigenvalue weighted by molar-refractivity contribution is 5.93. The van der Waals surface area contributed by atoms with Crippen LogP contribution in [0.2, 0.25) is 0 Å². The van der Waals surface area contributed by atoms with E-state index in [2.05, 4.69) is 9.97 Å². The summed E-state index contributed by atoms with van der Waals surface area (Å²) >= 11 is 0. The molecule has 2 aromatic carbocycles. The van der Waals surface area contributed by atoms with Crippen LogP contribution in [0.1, 0.15) is 0 Å². The summed E-state index contributed by atoms with van der Waals surface area (Å²) in [5, 5.41) is 5.37. The van der Waals surface area contributed by atoms with Gasteiger partial charge in [0.1, 0.15) is 11.3 Å². The second-order valence-electron chi connectivity index (χ2n) is 6.47. The Morgan fingerprint density at radius 2 is 1.54 bits per heavy atom. The van der Waals surface area contributed by atoms with Crippen molar-refractivity contribution < 1.29 is 0 Å². The standard InChI is InChI=1S/C23H16N4O/c28-20-14-19(17-10-7-13-24-15-17)25-23-21(20)22(16-8-3-1-4-9-16)26-27(23)18-11-5-2-6-12-18/h1-15H,(H,25,28). The molecule has 0 fully saturated rings. The van der Waals surface area contributed by atoms with Gasteiger partial charge in [-0.15, -0.1) is 0 Å². The van der Waals surface area contributed by atoms with Crippen LogP contribution in [0, 0.1) is 0 Å². The van der Waals surface area contributed by atoms with E-state index in [-0.39, 0.29) is 5.43 Å². The lowest BCUT2D eigenvalue weighted by Crippen LogP contribution is -2.05. The van der Waals surface area contributed by atoms with Crippen LogP contribution in [0.4, 0.5) is 0 Å². The molecule has 0 aliphatic carbocycles. The Labute approximate surface area is 160 Å². The molecule has 0 amide bonds. The lowest BCUT2D eigenvalue weighted by Gasteiger charge is -2.05. The SMILES string of the molecule is O=c1cc(-c2cccnc2)[nH]c2c1c(-c1ccccc1)nn2-c1ccccc1. The summed E-state index contributed by atoms with van der Waals surface area (Å²) in [7, 11) is 0. The Morgan fingerprint density at radius 3 is 2.25 bits per heavy atom. The van der Waals surface area contributed by atoms with Gasteiger partial charge in [-0.05, 0) is 24.3 Å². The molecule has 0 bridgehead atoms. The molecular formula is C23H16N4O. The molecule has 134 valence electrons. The predicted molar refractivity (Wildman–Crippen MR) is 110 cm³/mol. The zero-order chi connectivity index (χ0) is 18.9. The summed E-state index contributed by atoms with van der Waals surface area (Å²) in [6.07, 6.45) is 3.44. The maximum absolute atomic E-state index is 13.1. The molecule has 28 heavy (non-hydrogen) atoms. The maximum Gasteiger partial charge on any atom is 0.193 e. The van der Waals surface area contributed by atoms with Crippen LogP contribution >= 0.6 is 0 Å². The van der Waals surface area contributed by atoms with E-state index < -0.39 is 0 Å². The molecule has 0 saturated carbocycles. The molecule has 5 heteroatoms. The summed E-state index contributed by atoms with van der Waals surface area (Å²) in [6, 6.07) is 24.9. The van der Waals surface area contributed by atoms with Gasteiger partial charge in [0.05, 0.1) is 16.8 Å². The Balaban J connectivity index is 1.85. The average molecular weight is 364 g/mol. The van der Waals surface area contributed by atoms with E-state index in [4.69, 9.17) is 5.10 Å². The minimum Gasteiger partial charge on any atom is -0.339 e. The number of fused-ring (bicyclic) bond motifs is 1. The number of hydrogen-bond donors (Lipinski definition) is 1. The third-order valence-corrected chi connectivity index (χ3v) is 4.68. The van der Waals surface area contributed by atoms with Crippen molar-refractivity contribution in [2.75, 3.05) is 0 Å². The lowest BCUT2D eigenvalue weighted by atomic mass is 10.1. The molecular weight excluding hydrogens is 348 g/mol. The highest BCUT2D eigenvalue weighted by Crippen LogP contribution is 2.28. The van der Waals surface area contributed by atoms with E-state index >= 15 is 0 Å². The van der Waals surface area contributed by atoms with E-state index in [1.165, 1.54) is 0 Å². The zero-order valence-electron chi connectivity index (χ0n) is 14.9. The average Bonchev–Trinajstić information content (AvgIpc) is 3.16. The first kappa shape index (κ1) is 16.2. The number of H-pyrrole nitrogens is 1. The first-order chi connectivity index (χ1) is 13.8. The fraction of sp³-hybridized carbons (Fsp3) is 0. The number of aromatic nitrogens is 4. The second kappa shape index (κ2) is 6.63. The fourth-order valence-corrected chi connectivity index (χ4v) is 3.37. The largest absolute Gasteiger partial charge is 0.339 e. The van der Waals surface area contributed by atoms with Gasteiger partial charge in [-0.1, -0.05) is 48.5 Å². The molecule has 0 unspecified atom stereocenters. The lowest BCUT2D eigenvalue weighted by molar-refractivity contribution is 0.901. The van der Waals surface area contributed by atoms with Crippen LogP contribution in [0.5, 0.6) is 0 Å². The molecule has 5 aromatic rings. The Bertz CT molecular complexity index is 1310. The van der Waals surface area contributed by atoms with Crippen molar-refractivity contribution in [1.29, 1.82) is 0 Å². The normalized spacial score (nSPS) is 11.0. The summed E-state index contributed by atoms with van der Waals surface area (Å²) in [6.45, 7) is 0. The summed E-state index contributed by atoms with van der Waals surface area (Å²) in [5.41, 5.74) is 4.60. The number of nitrogens with zero attached hydrogens (tertiary/aromatic N) is 3. The molecule has 0 atom stereocenters. The van der Waals surface area contributed by atoms with Crippen molar-refractivity contribution >= 4 is 11.0 Å². The van der Waals surface area contributed by atoms with Crippen LogP contribution in [0.15, 0.2) is 96.1 Å². The maximum atomic E-state index is 13.1. The first-order valence-electron chi connectivity index (χ1n) is 8.98. The molecule has 3 heterocycles. The van der Waals surface area contributed by atoms with E-state index in [1.54, 1.807) is 23.1 Å². The van der Waals surface area contributed by atoms with Crippen molar-refractivity contribution in [2.45, 2.75) is 0 Å². The second-order valence-corrected chi connectivity index (χ2v) is 6.47. The molecule has 0 radical (unpaired) electrons. The van der Waals surface area contributed by atoms with Crippen LogP contribution in [-0.2, 0) is 0 Å². The molecule has 5 nitrogen and oxygen atoms in total. The zero-order valence-corrected chi connectivity index (χ0v) is 14.9. The number of pyridine rings is 2. The smallest absolute Gasteiger partial charge is 0.193 e. The third kappa shape index (κ3) is 2.70. The number of aromatic amines is 1. The van der Waals surface area contributed by atoms with Crippen LogP contribution in [0.3, 0.4) is 0 Å². The van der Waals surface area contributed by atoms with E-state index in [1.807, 2.05) is 72.8 Å². The monoisotopic (exact) mass is 364 g/mol. The number of para-hydroxylation sites is 1. The fourth-order valence-electron chi connectivity index (χ4n) is 3.37.